The highest BCUT2D eigenvalue weighted by atomic mass is 19.4. The van der Waals surface area contributed by atoms with Crippen LogP contribution in [-0.4, -0.2) is 18.9 Å². The van der Waals surface area contributed by atoms with E-state index in [2.05, 4.69) is 4.74 Å². The molecule has 1 fully saturated rings. The van der Waals surface area contributed by atoms with E-state index in [1.807, 2.05) is 30.3 Å². The Morgan fingerprint density at radius 1 is 1.26 bits per heavy atom. The summed E-state index contributed by atoms with van der Waals surface area (Å²) in [6.45, 7) is -0.336. The fraction of sp³-hybridized carbons (Fsp3) is 0.462. The summed E-state index contributed by atoms with van der Waals surface area (Å²) < 4.78 is 44.1. The molecule has 6 heteroatoms. The van der Waals surface area contributed by atoms with Crippen molar-refractivity contribution in [3.63, 3.8) is 0 Å². The molecule has 0 amide bonds. The third-order valence-electron chi connectivity index (χ3n) is 2.91. The van der Waals surface area contributed by atoms with Gasteiger partial charge in [0.25, 0.3) is 0 Å². The number of hydrogen-bond acceptors (Lipinski definition) is 3. The number of carbonyl (C=O) groups is 1. The van der Waals surface area contributed by atoms with Gasteiger partial charge in [0.15, 0.2) is 0 Å². The van der Waals surface area contributed by atoms with Crippen LogP contribution < -0.4 is 0 Å². The fourth-order valence-corrected chi connectivity index (χ4v) is 1.76. The molecule has 0 heterocycles. The van der Waals surface area contributed by atoms with E-state index in [0.717, 1.165) is 5.56 Å². The maximum Gasteiger partial charge on any atom is 0.522 e. The quantitative estimate of drug-likeness (QED) is 0.774. The van der Waals surface area contributed by atoms with E-state index >= 15 is 0 Å². The minimum absolute atomic E-state index is 0.142. The van der Waals surface area contributed by atoms with Crippen LogP contribution in [0.25, 0.3) is 0 Å². The monoisotopic (exact) mass is 274 g/mol. The molecule has 2 unspecified atom stereocenters. The molecule has 19 heavy (non-hydrogen) atoms. The number of carbonyl (C=O) groups excluding carboxylic acids is 1. The van der Waals surface area contributed by atoms with Gasteiger partial charge in [0.05, 0.1) is 12.5 Å². The second-order valence-corrected chi connectivity index (χ2v) is 4.45. The van der Waals surface area contributed by atoms with Crippen molar-refractivity contribution >= 4 is 5.97 Å². The van der Waals surface area contributed by atoms with E-state index in [1.165, 1.54) is 0 Å². The average molecular weight is 274 g/mol. The van der Waals surface area contributed by atoms with Gasteiger partial charge < -0.3 is 4.74 Å². The molecule has 0 spiro atoms. The lowest BCUT2D eigenvalue weighted by Crippen LogP contribution is -2.17. The standard InChI is InChI=1S/C13H13F3O3/c14-13(15,16)19-8-10-6-11(10)12(17)18-7-9-4-2-1-3-5-9/h1-5,10-11H,6-8H2. The molecule has 0 aromatic heterocycles. The van der Waals surface area contributed by atoms with E-state index in [-0.39, 0.29) is 12.5 Å². The van der Waals surface area contributed by atoms with E-state index in [0.29, 0.717) is 6.42 Å². The molecule has 1 saturated carbocycles. The predicted octanol–water partition coefficient (Wildman–Crippen LogP) is 2.90. The molecule has 0 radical (unpaired) electrons. The van der Waals surface area contributed by atoms with E-state index < -0.39 is 24.9 Å². The number of halogens is 3. The highest BCUT2D eigenvalue weighted by Crippen LogP contribution is 2.40. The molecule has 3 nitrogen and oxygen atoms in total. The highest BCUT2D eigenvalue weighted by molar-refractivity contribution is 5.75. The van der Waals surface area contributed by atoms with Gasteiger partial charge in [-0.3, -0.25) is 9.53 Å². The zero-order valence-electron chi connectivity index (χ0n) is 10.0. The summed E-state index contributed by atoms with van der Waals surface area (Å²) in [6, 6.07) is 9.10. The minimum atomic E-state index is -4.64. The summed E-state index contributed by atoms with van der Waals surface area (Å²) in [6.07, 6.45) is -4.25. The van der Waals surface area contributed by atoms with Gasteiger partial charge >= 0.3 is 12.3 Å². The van der Waals surface area contributed by atoms with Crippen LogP contribution in [0, 0.1) is 11.8 Å². The van der Waals surface area contributed by atoms with Crippen LogP contribution in [0.2, 0.25) is 0 Å². The first-order valence-corrected chi connectivity index (χ1v) is 5.87. The third-order valence-corrected chi connectivity index (χ3v) is 2.91. The second-order valence-electron chi connectivity index (χ2n) is 4.45. The Kier molecular flexibility index (Phi) is 4.09. The number of benzene rings is 1. The van der Waals surface area contributed by atoms with Crippen molar-refractivity contribution in [2.24, 2.45) is 11.8 Å². The Morgan fingerprint density at radius 2 is 1.95 bits per heavy atom. The molecule has 0 saturated heterocycles. The SMILES string of the molecule is O=C(OCc1ccccc1)C1CC1COC(F)(F)F. The van der Waals surface area contributed by atoms with Crippen LogP contribution in [0.15, 0.2) is 30.3 Å². The first-order chi connectivity index (χ1) is 8.96. The maximum absolute atomic E-state index is 11.8. The van der Waals surface area contributed by atoms with E-state index in [1.54, 1.807) is 0 Å². The number of rotatable bonds is 5. The number of alkyl halides is 3. The van der Waals surface area contributed by atoms with Gasteiger partial charge in [0.1, 0.15) is 6.61 Å². The van der Waals surface area contributed by atoms with E-state index in [9.17, 15) is 18.0 Å². The molecule has 1 aromatic rings. The highest BCUT2D eigenvalue weighted by Gasteiger charge is 2.46. The zero-order chi connectivity index (χ0) is 13.9. The molecule has 104 valence electrons. The molecule has 0 N–H and O–H groups in total. The lowest BCUT2D eigenvalue weighted by Gasteiger charge is -2.07. The Hall–Kier alpha value is -1.56. The van der Waals surface area contributed by atoms with Crippen molar-refractivity contribution in [3.05, 3.63) is 35.9 Å². The summed E-state index contributed by atoms with van der Waals surface area (Å²) in [5.41, 5.74) is 0.847. The topological polar surface area (TPSA) is 35.5 Å². The number of ether oxygens (including phenoxy) is 2. The van der Waals surface area contributed by atoms with Crippen LogP contribution in [0.4, 0.5) is 13.2 Å². The van der Waals surface area contributed by atoms with Gasteiger partial charge in [-0.05, 0) is 17.9 Å². The molecular formula is C13H13F3O3. The molecular weight excluding hydrogens is 261 g/mol. The van der Waals surface area contributed by atoms with Crippen molar-refractivity contribution in [1.82, 2.24) is 0 Å². The second kappa shape index (κ2) is 5.61. The summed E-state index contributed by atoms with van der Waals surface area (Å²) in [5, 5.41) is 0. The molecule has 1 aromatic carbocycles. The molecule has 2 atom stereocenters. The van der Waals surface area contributed by atoms with Crippen molar-refractivity contribution in [2.45, 2.75) is 19.4 Å². The Labute approximate surface area is 108 Å². The molecule has 0 bridgehead atoms. The van der Waals surface area contributed by atoms with Gasteiger partial charge in [-0.1, -0.05) is 30.3 Å². The van der Waals surface area contributed by atoms with Crippen LogP contribution >= 0.6 is 0 Å². The van der Waals surface area contributed by atoms with Gasteiger partial charge in [0.2, 0.25) is 0 Å². The largest absolute Gasteiger partial charge is 0.522 e. The van der Waals surface area contributed by atoms with E-state index in [4.69, 9.17) is 4.74 Å². The summed E-state index contributed by atoms with van der Waals surface area (Å²) in [4.78, 5) is 11.6. The van der Waals surface area contributed by atoms with Crippen LogP contribution in [-0.2, 0) is 20.9 Å². The zero-order valence-corrected chi connectivity index (χ0v) is 10.0. The van der Waals surface area contributed by atoms with Crippen molar-refractivity contribution in [2.75, 3.05) is 6.61 Å². The smallest absolute Gasteiger partial charge is 0.461 e. The third kappa shape index (κ3) is 4.55. The average Bonchev–Trinajstić information content (AvgIpc) is 3.14. The number of esters is 1. The van der Waals surface area contributed by atoms with Gasteiger partial charge in [-0.15, -0.1) is 13.2 Å². The molecule has 2 rings (SSSR count). The van der Waals surface area contributed by atoms with Gasteiger partial charge in [0, 0.05) is 0 Å². The Morgan fingerprint density at radius 3 is 2.58 bits per heavy atom. The number of hydrogen-bond donors (Lipinski definition) is 0. The molecule has 1 aliphatic rings. The summed E-state index contributed by atoms with van der Waals surface area (Å²) in [5.74, 6) is -1.31. The lowest BCUT2D eigenvalue weighted by molar-refractivity contribution is -0.326. The molecule has 0 aliphatic heterocycles. The van der Waals surface area contributed by atoms with Gasteiger partial charge in [-0.2, -0.15) is 0 Å². The van der Waals surface area contributed by atoms with Crippen molar-refractivity contribution in [1.29, 1.82) is 0 Å². The van der Waals surface area contributed by atoms with Crippen LogP contribution in [0.1, 0.15) is 12.0 Å². The lowest BCUT2D eigenvalue weighted by atomic mass is 10.2. The first kappa shape index (κ1) is 13.9. The van der Waals surface area contributed by atoms with Crippen LogP contribution in [0.3, 0.4) is 0 Å². The summed E-state index contributed by atoms with van der Waals surface area (Å²) in [7, 11) is 0. The maximum atomic E-state index is 11.8. The first-order valence-electron chi connectivity index (χ1n) is 5.87. The Balaban J connectivity index is 1.69. The van der Waals surface area contributed by atoms with Crippen molar-refractivity contribution in [3.8, 4) is 0 Å². The van der Waals surface area contributed by atoms with Crippen LogP contribution in [0.5, 0.6) is 0 Å². The predicted molar refractivity (Wildman–Crippen MR) is 59.8 cm³/mol. The Bertz CT molecular complexity index is 431. The molecule has 1 aliphatic carbocycles. The van der Waals surface area contributed by atoms with Gasteiger partial charge in [-0.25, -0.2) is 0 Å². The fourth-order valence-electron chi connectivity index (χ4n) is 1.76. The summed E-state index contributed by atoms with van der Waals surface area (Å²) >= 11 is 0. The normalized spacial score (nSPS) is 22.1. The minimum Gasteiger partial charge on any atom is -0.461 e. The van der Waals surface area contributed by atoms with Crippen molar-refractivity contribution < 1.29 is 27.4 Å².